The first-order valence-electron chi connectivity index (χ1n) is 9.32. The van der Waals surface area contributed by atoms with Gasteiger partial charge < -0.3 is 20.1 Å². The average Bonchev–Trinajstić information content (AvgIpc) is 2.71. The first-order chi connectivity index (χ1) is 14.0. The molecule has 0 radical (unpaired) electrons. The summed E-state index contributed by atoms with van der Waals surface area (Å²) in [5, 5.41) is 14.1. The molecular formula is C22H24N4O3. The molecule has 3 aromatic rings. The molecule has 0 saturated heterocycles. The lowest BCUT2D eigenvalue weighted by Gasteiger charge is -2.15. The fraction of sp³-hybridized carbons (Fsp3) is 0.227. The van der Waals surface area contributed by atoms with Gasteiger partial charge in [0.15, 0.2) is 11.6 Å². The van der Waals surface area contributed by atoms with Gasteiger partial charge in [-0.1, -0.05) is 24.3 Å². The number of ether oxygens (including phenoxy) is 2. The van der Waals surface area contributed by atoms with E-state index in [9.17, 15) is 4.79 Å². The van der Waals surface area contributed by atoms with Crippen LogP contribution in [0.1, 0.15) is 19.4 Å². The Morgan fingerprint density at radius 3 is 2.31 bits per heavy atom. The van der Waals surface area contributed by atoms with Gasteiger partial charge in [-0.2, -0.15) is 0 Å². The standard InChI is InChI=1S/C22H24N4O3/c1-15(2)29-19-7-5-4-6-18(19)23-20-12-13-21(26-25-20)24-22(27)14-16-8-10-17(28-3)11-9-16/h4-13,15H,14H2,1-3H3,(H,23,25)(H,24,26,27). The highest BCUT2D eigenvalue weighted by atomic mass is 16.5. The van der Waals surface area contributed by atoms with E-state index < -0.39 is 0 Å². The molecule has 2 N–H and O–H groups in total. The van der Waals surface area contributed by atoms with E-state index in [1.54, 1.807) is 19.2 Å². The van der Waals surface area contributed by atoms with Crippen molar-refractivity contribution in [1.29, 1.82) is 0 Å². The van der Waals surface area contributed by atoms with E-state index in [0.29, 0.717) is 11.6 Å². The average molecular weight is 392 g/mol. The molecule has 0 atom stereocenters. The molecule has 7 heteroatoms. The first-order valence-corrected chi connectivity index (χ1v) is 9.32. The van der Waals surface area contributed by atoms with Crippen LogP contribution in [0.2, 0.25) is 0 Å². The minimum absolute atomic E-state index is 0.0623. The summed E-state index contributed by atoms with van der Waals surface area (Å²) in [7, 11) is 1.61. The maximum absolute atomic E-state index is 12.2. The van der Waals surface area contributed by atoms with Crippen molar-refractivity contribution in [3.63, 3.8) is 0 Å². The molecule has 0 fully saturated rings. The summed E-state index contributed by atoms with van der Waals surface area (Å²) < 4.78 is 10.9. The molecule has 1 amide bonds. The van der Waals surface area contributed by atoms with Crippen LogP contribution in [0.15, 0.2) is 60.7 Å². The topological polar surface area (TPSA) is 85.4 Å². The highest BCUT2D eigenvalue weighted by Crippen LogP contribution is 2.27. The highest BCUT2D eigenvalue weighted by molar-refractivity contribution is 5.91. The maximum atomic E-state index is 12.2. The Morgan fingerprint density at radius 2 is 1.66 bits per heavy atom. The second-order valence-electron chi connectivity index (χ2n) is 6.66. The number of anilines is 3. The van der Waals surface area contributed by atoms with Gasteiger partial charge in [0, 0.05) is 0 Å². The van der Waals surface area contributed by atoms with Crippen LogP contribution in [-0.2, 0) is 11.2 Å². The molecule has 1 aromatic heterocycles. The summed E-state index contributed by atoms with van der Waals surface area (Å²) in [5.74, 6) is 2.27. The number of carbonyl (C=O) groups excluding carboxylic acids is 1. The van der Waals surface area contributed by atoms with Gasteiger partial charge in [0.2, 0.25) is 5.91 Å². The van der Waals surface area contributed by atoms with Gasteiger partial charge in [-0.25, -0.2) is 0 Å². The van der Waals surface area contributed by atoms with Gasteiger partial charge in [0.05, 0.1) is 25.3 Å². The maximum Gasteiger partial charge on any atom is 0.229 e. The van der Waals surface area contributed by atoms with Crippen molar-refractivity contribution < 1.29 is 14.3 Å². The largest absolute Gasteiger partial charge is 0.497 e. The quantitative estimate of drug-likeness (QED) is 0.598. The number of hydrogen-bond acceptors (Lipinski definition) is 6. The van der Waals surface area contributed by atoms with Gasteiger partial charge in [0.25, 0.3) is 0 Å². The molecule has 3 rings (SSSR count). The smallest absolute Gasteiger partial charge is 0.229 e. The van der Waals surface area contributed by atoms with Crippen molar-refractivity contribution in [2.75, 3.05) is 17.7 Å². The van der Waals surface area contributed by atoms with E-state index >= 15 is 0 Å². The lowest BCUT2D eigenvalue weighted by Crippen LogP contribution is -2.15. The minimum Gasteiger partial charge on any atom is -0.497 e. The van der Waals surface area contributed by atoms with Gasteiger partial charge in [-0.15, -0.1) is 10.2 Å². The van der Waals surface area contributed by atoms with Crippen LogP contribution < -0.4 is 20.1 Å². The summed E-state index contributed by atoms with van der Waals surface area (Å²) in [6.07, 6.45) is 0.304. The van der Waals surface area contributed by atoms with E-state index in [2.05, 4.69) is 20.8 Å². The first kappa shape index (κ1) is 20.1. The van der Waals surface area contributed by atoms with Gasteiger partial charge in [-0.05, 0) is 55.8 Å². The lowest BCUT2D eigenvalue weighted by atomic mass is 10.1. The molecule has 2 aromatic carbocycles. The SMILES string of the molecule is COc1ccc(CC(=O)Nc2ccc(Nc3ccccc3OC(C)C)nn2)cc1. The molecule has 0 aliphatic heterocycles. The molecule has 1 heterocycles. The minimum atomic E-state index is -0.166. The van der Waals surface area contributed by atoms with Crippen molar-refractivity contribution in [1.82, 2.24) is 10.2 Å². The number of carbonyl (C=O) groups is 1. The van der Waals surface area contributed by atoms with E-state index in [4.69, 9.17) is 9.47 Å². The van der Waals surface area contributed by atoms with E-state index in [1.165, 1.54) is 0 Å². The summed E-state index contributed by atoms with van der Waals surface area (Å²) in [5.41, 5.74) is 1.68. The van der Waals surface area contributed by atoms with Gasteiger partial charge in [-0.3, -0.25) is 4.79 Å². The molecule has 0 bridgehead atoms. The summed E-state index contributed by atoms with van der Waals surface area (Å²) in [6.45, 7) is 3.94. The normalized spacial score (nSPS) is 10.5. The molecule has 0 unspecified atom stereocenters. The monoisotopic (exact) mass is 392 g/mol. The fourth-order valence-electron chi connectivity index (χ4n) is 2.65. The Hall–Kier alpha value is -3.61. The van der Waals surface area contributed by atoms with Crippen molar-refractivity contribution >= 4 is 23.2 Å². The predicted molar refractivity (Wildman–Crippen MR) is 113 cm³/mol. The lowest BCUT2D eigenvalue weighted by molar-refractivity contribution is -0.115. The number of para-hydroxylation sites is 2. The van der Waals surface area contributed by atoms with Crippen LogP contribution in [0.4, 0.5) is 17.3 Å². The van der Waals surface area contributed by atoms with Crippen LogP contribution >= 0.6 is 0 Å². The Balaban J connectivity index is 1.59. The number of nitrogens with zero attached hydrogens (tertiary/aromatic N) is 2. The number of rotatable bonds is 8. The van der Waals surface area contributed by atoms with E-state index in [1.807, 2.05) is 62.4 Å². The predicted octanol–water partition coefficient (Wildman–Crippen LogP) is 4.20. The van der Waals surface area contributed by atoms with Crippen LogP contribution in [0.5, 0.6) is 11.5 Å². The van der Waals surface area contributed by atoms with Gasteiger partial charge in [0.1, 0.15) is 11.5 Å². The van der Waals surface area contributed by atoms with Crippen molar-refractivity contribution in [2.24, 2.45) is 0 Å². The Labute approximate surface area is 170 Å². The number of methoxy groups -OCH3 is 1. The van der Waals surface area contributed by atoms with E-state index in [-0.39, 0.29) is 18.4 Å². The fourth-order valence-corrected chi connectivity index (χ4v) is 2.65. The third kappa shape index (κ3) is 5.93. The molecule has 0 spiro atoms. The molecule has 7 nitrogen and oxygen atoms in total. The Morgan fingerprint density at radius 1 is 0.966 bits per heavy atom. The Bertz CT molecular complexity index is 941. The van der Waals surface area contributed by atoms with Crippen molar-refractivity contribution in [2.45, 2.75) is 26.4 Å². The van der Waals surface area contributed by atoms with Crippen LogP contribution in [-0.4, -0.2) is 29.3 Å². The summed E-state index contributed by atoms with van der Waals surface area (Å²) >= 11 is 0. The second-order valence-corrected chi connectivity index (χ2v) is 6.66. The molecular weight excluding hydrogens is 368 g/mol. The number of nitrogens with one attached hydrogen (secondary N) is 2. The third-order valence-corrected chi connectivity index (χ3v) is 3.97. The molecule has 29 heavy (non-hydrogen) atoms. The van der Waals surface area contributed by atoms with Crippen LogP contribution in [0.25, 0.3) is 0 Å². The molecule has 150 valence electrons. The number of benzene rings is 2. The zero-order chi connectivity index (χ0) is 20.6. The molecule has 0 aliphatic rings. The van der Waals surface area contributed by atoms with Crippen molar-refractivity contribution in [3.8, 4) is 11.5 Å². The summed E-state index contributed by atoms with van der Waals surface area (Å²) in [4.78, 5) is 12.2. The molecule has 0 saturated carbocycles. The second kappa shape index (κ2) is 9.54. The molecule has 0 aliphatic carbocycles. The van der Waals surface area contributed by atoms with E-state index in [0.717, 1.165) is 22.7 Å². The van der Waals surface area contributed by atoms with Gasteiger partial charge >= 0.3 is 0 Å². The van der Waals surface area contributed by atoms with Crippen LogP contribution in [0.3, 0.4) is 0 Å². The van der Waals surface area contributed by atoms with Crippen LogP contribution in [0, 0.1) is 0 Å². The highest BCUT2D eigenvalue weighted by Gasteiger charge is 2.08. The number of amides is 1. The third-order valence-electron chi connectivity index (χ3n) is 3.97. The zero-order valence-electron chi connectivity index (χ0n) is 16.7. The summed E-state index contributed by atoms with van der Waals surface area (Å²) in [6, 6.07) is 18.4. The Kier molecular flexibility index (Phi) is 6.63. The number of hydrogen-bond donors (Lipinski definition) is 2. The van der Waals surface area contributed by atoms with Crippen molar-refractivity contribution in [3.05, 3.63) is 66.2 Å². The zero-order valence-corrected chi connectivity index (χ0v) is 16.7. The number of aromatic nitrogens is 2.